The Morgan fingerprint density at radius 2 is 2.28 bits per heavy atom. The van der Waals surface area contributed by atoms with Crippen LogP contribution in [0.4, 0.5) is 5.69 Å². The predicted octanol–water partition coefficient (Wildman–Crippen LogP) is 3.13. The molecule has 0 aliphatic carbocycles. The fourth-order valence-electron chi connectivity index (χ4n) is 1.70. The summed E-state index contributed by atoms with van der Waals surface area (Å²) in [6.45, 7) is 2.47. The normalized spacial score (nSPS) is 10.6. The second-order valence-electron chi connectivity index (χ2n) is 3.72. The zero-order valence-electron chi connectivity index (χ0n) is 9.65. The van der Waals surface area contributed by atoms with Crippen molar-refractivity contribution in [3.05, 3.63) is 45.1 Å². The molecule has 0 spiro atoms. The molecular weight excluding hydrogens is 318 g/mol. The maximum absolute atomic E-state index is 12.4. The minimum absolute atomic E-state index is 0.218. The predicted molar refractivity (Wildman–Crippen MR) is 74.9 cm³/mol. The highest BCUT2D eigenvalue weighted by atomic mass is 79.9. The van der Waals surface area contributed by atoms with E-state index in [4.69, 9.17) is 17.3 Å². The molecule has 0 bridgehead atoms. The summed E-state index contributed by atoms with van der Waals surface area (Å²) < 4.78 is 2.39. The number of hydrogen-bond acceptors (Lipinski definition) is 3. The molecule has 2 rings (SSSR count). The van der Waals surface area contributed by atoms with Gasteiger partial charge in [-0.15, -0.1) is 0 Å². The summed E-state index contributed by atoms with van der Waals surface area (Å²) in [5, 5.41) is 4.38. The Morgan fingerprint density at radius 3 is 2.89 bits per heavy atom. The molecule has 1 aromatic carbocycles. The quantitative estimate of drug-likeness (QED) is 0.695. The van der Waals surface area contributed by atoms with Gasteiger partial charge in [0.15, 0.2) is 0 Å². The summed E-state index contributed by atoms with van der Waals surface area (Å²) in [4.78, 5) is 12.4. The third-order valence-corrected chi connectivity index (χ3v) is 3.34. The lowest BCUT2D eigenvalue weighted by Crippen LogP contribution is -2.12. The minimum Gasteiger partial charge on any atom is -0.398 e. The zero-order valence-corrected chi connectivity index (χ0v) is 12.0. The van der Waals surface area contributed by atoms with Crippen LogP contribution >= 0.6 is 27.5 Å². The van der Waals surface area contributed by atoms with E-state index in [1.54, 1.807) is 22.9 Å². The molecule has 0 fully saturated rings. The lowest BCUT2D eigenvalue weighted by atomic mass is 10.1. The first-order chi connectivity index (χ1) is 8.54. The molecule has 1 heterocycles. The van der Waals surface area contributed by atoms with E-state index in [1.165, 1.54) is 6.20 Å². The van der Waals surface area contributed by atoms with Crippen LogP contribution < -0.4 is 5.73 Å². The average molecular weight is 329 g/mol. The Hall–Kier alpha value is -1.33. The van der Waals surface area contributed by atoms with E-state index in [9.17, 15) is 4.79 Å². The summed E-state index contributed by atoms with van der Waals surface area (Å²) in [7, 11) is 0. The zero-order chi connectivity index (χ0) is 13.3. The number of anilines is 1. The van der Waals surface area contributed by atoms with E-state index in [2.05, 4.69) is 21.0 Å². The molecule has 0 unspecified atom stereocenters. The molecule has 2 aromatic rings. The SMILES string of the molecule is CCn1ncc(Cl)c1C(=O)c1ccc(Br)cc1N. The molecule has 4 nitrogen and oxygen atoms in total. The van der Waals surface area contributed by atoms with Gasteiger partial charge >= 0.3 is 0 Å². The van der Waals surface area contributed by atoms with Crippen LogP contribution in [0.5, 0.6) is 0 Å². The number of benzene rings is 1. The first-order valence-electron chi connectivity index (χ1n) is 5.35. The first-order valence-corrected chi connectivity index (χ1v) is 6.52. The van der Waals surface area contributed by atoms with Crippen molar-refractivity contribution in [3.63, 3.8) is 0 Å². The summed E-state index contributed by atoms with van der Waals surface area (Å²) in [5.41, 5.74) is 7.05. The van der Waals surface area contributed by atoms with Gasteiger partial charge < -0.3 is 5.73 Å². The summed E-state index contributed by atoms with van der Waals surface area (Å²) >= 11 is 9.30. The van der Waals surface area contributed by atoms with Gasteiger partial charge in [-0.1, -0.05) is 27.5 Å². The molecule has 94 valence electrons. The monoisotopic (exact) mass is 327 g/mol. The van der Waals surface area contributed by atoms with Crippen LogP contribution in [0.3, 0.4) is 0 Å². The minimum atomic E-state index is -0.218. The number of hydrogen-bond donors (Lipinski definition) is 1. The van der Waals surface area contributed by atoms with Gasteiger partial charge in [-0.2, -0.15) is 5.10 Å². The van der Waals surface area contributed by atoms with Gasteiger partial charge in [-0.3, -0.25) is 9.48 Å². The molecule has 0 saturated heterocycles. The molecule has 2 N–H and O–H groups in total. The van der Waals surface area contributed by atoms with Gasteiger partial charge in [0.2, 0.25) is 5.78 Å². The molecule has 0 amide bonds. The van der Waals surface area contributed by atoms with Crippen molar-refractivity contribution in [1.82, 2.24) is 9.78 Å². The number of carbonyl (C=O) groups is 1. The second-order valence-corrected chi connectivity index (χ2v) is 5.04. The van der Waals surface area contributed by atoms with Crippen LogP contribution in [0.2, 0.25) is 5.02 Å². The second kappa shape index (κ2) is 5.12. The van der Waals surface area contributed by atoms with Crippen LogP contribution in [0.15, 0.2) is 28.9 Å². The molecule has 0 saturated carbocycles. The van der Waals surface area contributed by atoms with Gasteiger partial charge in [0, 0.05) is 22.3 Å². The van der Waals surface area contributed by atoms with Gasteiger partial charge in [-0.05, 0) is 25.1 Å². The van der Waals surface area contributed by atoms with Crippen molar-refractivity contribution >= 4 is 39.0 Å². The molecule has 0 radical (unpaired) electrons. The van der Waals surface area contributed by atoms with E-state index in [-0.39, 0.29) is 5.78 Å². The molecule has 0 atom stereocenters. The smallest absolute Gasteiger partial charge is 0.214 e. The average Bonchev–Trinajstić information content (AvgIpc) is 2.69. The van der Waals surface area contributed by atoms with E-state index in [0.717, 1.165) is 4.47 Å². The van der Waals surface area contributed by atoms with Crippen molar-refractivity contribution in [2.24, 2.45) is 0 Å². The van der Waals surface area contributed by atoms with Crippen LogP contribution in [0.25, 0.3) is 0 Å². The van der Waals surface area contributed by atoms with Crippen molar-refractivity contribution < 1.29 is 4.79 Å². The van der Waals surface area contributed by atoms with E-state index < -0.39 is 0 Å². The first kappa shape index (κ1) is 13.1. The largest absolute Gasteiger partial charge is 0.398 e. The number of nitrogen functional groups attached to an aromatic ring is 1. The standard InChI is InChI=1S/C12H11BrClN3O/c1-2-17-11(9(14)6-16-17)12(18)8-4-3-7(13)5-10(8)15/h3-6H,2,15H2,1H3. The lowest BCUT2D eigenvalue weighted by molar-refractivity contribution is 0.103. The Kier molecular flexibility index (Phi) is 3.73. The molecule has 0 aliphatic rings. The third kappa shape index (κ3) is 2.28. The van der Waals surface area contributed by atoms with Crippen molar-refractivity contribution in [2.75, 3.05) is 5.73 Å². The molecule has 18 heavy (non-hydrogen) atoms. The fourth-order valence-corrected chi connectivity index (χ4v) is 2.30. The number of halogens is 2. The van der Waals surface area contributed by atoms with E-state index >= 15 is 0 Å². The number of rotatable bonds is 3. The van der Waals surface area contributed by atoms with Crippen LogP contribution in [0, 0.1) is 0 Å². The number of nitrogens with zero attached hydrogens (tertiary/aromatic N) is 2. The van der Waals surface area contributed by atoms with Crippen molar-refractivity contribution in [1.29, 1.82) is 0 Å². The molecular formula is C12H11BrClN3O. The lowest BCUT2D eigenvalue weighted by Gasteiger charge is -2.07. The topological polar surface area (TPSA) is 60.9 Å². The maximum atomic E-state index is 12.4. The highest BCUT2D eigenvalue weighted by Gasteiger charge is 2.20. The van der Waals surface area contributed by atoms with E-state index in [0.29, 0.717) is 28.5 Å². The summed E-state index contributed by atoms with van der Waals surface area (Å²) in [6, 6.07) is 5.13. The Morgan fingerprint density at radius 1 is 1.56 bits per heavy atom. The number of ketones is 1. The van der Waals surface area contributed by atoms with Gasteiger partial charge in [0.05, 0.1) is 11.2 Å². The Bertz CT molecular complexity index is 609. The molecule has 1 aromatic heterocycles. The van der Waals surface area contributed by atoms with Crippen LogP contribution in [-0.2, 0) is 6.54 Å². The number of carbonyl (C=O) groups excluding carboxylic acids is 1. The van der Waals surface area contributed by atoms with Gasteiger partial charge in [0.1, 0.15) is 5.69 Å². The van der Waals surface area contributed by atoms with Crippen LogP contribution in [0.1, 0.15) is 23.0 Å². The fraction of sp³-hybridized carbons (Fsp3) is 0.167. The van der Waals surface area contributed by atoms with Gasteiger partial charge in [-0.25, -0.2) is 0 Å². The summed E-state index contributed by atoms with van der Waals surface area (Å²) in [5.74, 6) is -0.218. The van der Waals surface area contributed by atoms with Crippen LogP contribution in [-0.4, -0.2) is 15.6 Å². The third-order valence-electron chi connectivity index (χ3n) is 2.57. The highest BCUT2D eigenvalue weighted by Crippen LogP contribution is 2.24. The molecule has 0 aliphatic heterocycles. The number of aromatic nitrogens is 2. The summed E-state index contributed by atoms with van der Waals surface area (Å²) in [6.07, 6.45) is 1.47. The van der Waals surface area contributed by atoms with Crippen molar-refractivity contribution in [3.8, 4) is 0 Å². The Labute approximate surface area is 118 Å². The molecule has 6 heteroatoms. The number of nitrogens with two attached hydrogens (primary N) is 1. The highest BCUT2D eigenvalue weighted by molar-refractivity contribution is 9.10. The Balaban J connectivity index is 2.51. The maximum Gasteiger partial charge on any atom is 0.214 e. The van der Waals surface area contributed by atoms with Gasteiger partial charge in [0.25, 0.3) is 0 Å². The number of aryl methyl sites for hydroxylation is 1. The van der Waals surface area contributed by atoms with Crippen molar-refractivity contribution in [2.45, 2.75) is 13.5 Å². The van der Waals surface area contributed by atoms with E-state index in [1.807, 2.05) is 6.92 Å².